The van der Waals surface area contributed by atoms with Gasteiger partial charge < -0.3 is 9.52 Å². The van der Waals surface area contributed by atoms with Crippen LogP contribution in [-0.4, -0.2) is 22.4 Å². The van der Waals surface area contributed by atoms with Gasteiger partial charge in [0.2, 0.25) is 0 Å². The fraction of sp³-hybridized carbons (Fsp3) is 0.625. The number of carbonyl (C=O) groups is 1. The average Bonchev–Trinajstić information content (AvgIpc) is 3.11. The molecule has 0 spiro atoms. The van der Waals surface area contributed by atoms with Crippen LogP contribution in [0.3, 0.4) is 0 Å². The molecule has 0 saturated carbocycles. The topological polar surface area (TPSA) is 50.4 Å². The Labute approximate surface area is 174 Å². The van der Waals surface area contributed by atoms with E-state index in [1.54, 1.807) is 6.92 Å². The van der Waals surface area contributed by atoms with Crippen molar-refractivity contribution in [2.75, 3.05) is 0 Å². The van der Waals surface area contributed by atoms with E-state index >= 15 is 0 Å². The molecule has 3 nitrogen and oxygen atoms in total. The SMILES string of the molecule is C/C(=C/C=C/[C@]1(C)CCCc2ccoc21)CCC[C@H](C)CC(=O)[C@@H](O)[C@@H](C)Cl. The highest BCUT2D eigenvalue weighted by molar-refractivity contribution is 6.22. The number of allylic oxidation sites excluding steroid dienone is 4. The van der Waals surface area contributed by atoms with Crippen LogP contribution < -0.4 is 0 Å². The largest absolute Gasteiger partial charge is 0.468 e. The molecule has 0 unspecified atom stereocenters. The second kappa shape index (κ2) is 10.5. The smallest absolute Gasteiger partial charge is 0.163 e. The van der Waals surface area contributed by atoms with Crippen LogP contribution in [0.5, 0.6) is 0 Å². The third kappa shape index (κ3) is 6.35. The van der Waals surface area contributed by atoms with E-state index in [1.165, 1.54) is 17.6 Å². The highest BCUT2D eigenvalue weighted by Gasteiger charge is 2.32. The number of alkyl halides is 1. The summed E-state index contributed by atoms with van der Waals surface area (Å²) in [5, 5.41) is 9.20. The Morgan fingerprint density at radius 1 is 1.43 bits per heavy atom. The molecule has 0 fully saturated rings. The molecule has 0 bridgehead atoms. The number of aliphatic hydroxyl groups is 1. The fourth-order valence-corrected chi connectivity index (χ4v) is 4.15. The van der Waals surface area contributed by atoms with E-state index in [0.717, 1.165) is 37.9 Å². The number of aryl methyl sites for hydroxylation is 1. The van der Waals surface area contributed by atoms with E-state index in [-0.39, 0.29) is 17.1 Å². The molecule has 1 aromatic rings. The van der Waals surface area contributed by atoms with Crippen LogP contribution in [0.15, 0.2) is 40.5 Å². The Balaban J connectivity index is 1.78. The Morgan fingerprint density at radius 3 is 2.89 bits per heavy atom. The van der Waals surface area contributed by atoms with Crippen LogP contribution in [0.2, 0.25) is 0 Å². The molecule has 156 valence electrons. The van der Waals surface area contributed by atoms with Crippen LogP contribution in [0.1, 0.15) is 77.5 Å². The molecule has 1 N–H and O–H groups in total. The molecule has 0 aromatic carbocycles. The van der Waals surface area contributed by atoms with Crippen molar-refractivity contribution < 1.29 is 14.3 Å². The van der Waals surface area contributed by atoms with Crippen molar-refractivity contribution in [3.8, 4) is 0 Å². The van der Waals surface area contributed by atoms with Gasteiger partial charge in [0, 0.05) is 11.8 Å². The lowest BCUT2D eigenvalue weighted by molar-refractivity contribution is -0.127. The summed E-state index contributed by atoms with van der Waals surface area (Å²) >= 11 is 5.80. The highest BCUT2D eigenvalue weighted by Crippen LogP contribution is 2.38. The van der Waals surface area contributed by atoms with E-state index in [4.69, 9.17) is 16.0 Å². The molecule has 4 heteroatoms. The predicted octanol–water partition coefficient (Wildman–Crippen LogP) is 6.13. The summed E-state index contributed by atoms with van der Waals surface area (Å²) < 4.78 is 5.76. The standard InChI is InChI=1S/C24H35ClO3/c1-17(8-5-9-18(2)16-21(26)22(27)19(3)25)10-6-13-24(4)14-7-11-20-12-15-28-23(20)24/h6,10,12-13,15,18-19,22,27H,5,7-9,11,14,16H2,1-4H3/b13-6+,17-10-/t18-,19+,22-,24+/m0/s1. The zero-order chi connectivity index (χ0) is 20.7. The fourth-order valence-electron chi connectivity index (χ4n) is 4.01. The third-order valence-electron chi connectivity index (χ3n) is 5.84. The van der Waals surface area contributed by atoms with Crippen molar-refractivity contribution in [2.45, 2.75) is 89.5 Å². The van der Waals surface area contributed by atoms with Crippen LogP contribution >= 0.6 is 11.6 Å². The van der Waals surface area contributed by atoms with Gasteiger partial charge in [-0.05, 0) is 76.8 Å². The number of fused-ring (bicyclic) bond motifs is 1. The maximum atomic E-state index is 11.9. The van der Waals surface area contributed by atoms with Crippen molar-refractivity contribution in [2.24, 2.45) is 5.92 Å². The normalized spacial score (nSPS) is 23.4. The average molecular weight is 407 g/mol. The quantitative estimate of drug-likeness (QED) is 0.375. The van der Waals surface area contributed by atoms with Crippen molar-refractivity contribution in [1.82, 2.24) is 0 Å². The minimum absolute atomic E-state index is 0.0108. The number of ketones is 1. The van der Waals surface area contributed by atoms with Crippen molar-refractivity contribution >= 4 is 17.4 Å². The third-order valence-corrected chi connectivity index (χ3v) is 6.07. The van der Waals surface area contributed by atoms with Gasteiger partial charge in [0.1, 0.15) is 11.9 Å². The molecule has 1 aliphatic rings. The van der Waals surface area contributed by atoms with E-state index in [2.05, 4.69) is 45.1 Å². The second-order valence-electron chi connectivity index (χ2n) is 8.71. The monoisotopic (exact) mass is 406 g/mol. The summed E-state index contributed by atoms with van der Waals surface area (Å²) in [4.78, 5) is 11.9. The molecule has 1 heterocycles. The Kier molecular flexibility index (Phi) is 8.57. The second-order valence-corrected chi connectivity index (χ2v) is 9.40. The van der Waals surface area contributed by atoms with Gasteiger partial charge in [0.05, 0.1) is 11.6 Å². The number of hydrogen-bond acceptors (Lipinski definition) is 3. The summed E-state index contributed by atoms with van der Waals surface area (Å²) in [6.07, 6.45) is 14.2. The van der Waals surface area contributed by atoms with Crippen LogP contribution in [0.4, 0.5) is 0 Å². The zero-order valence-corrected chi connectivity index (χ0v) is 18.5. The summed E-state index contributed by atoms with van der Waals surface area (Å²) in [6.45, 7) is 8.12. The van der Waals surface area contributed by atoms with Crippen molar-refractivity contribution in [3.63, 3.8) is 0 Å². The minimum atomic E-state index is -1.05. The lowest BCUT2D eigenvalue weighted by Gasteiger charge is -2.29. The summed E-state index contributed by atoms with van der Waals surface area (Å²) in [5.74, 6) is 1.23. The number of rotatable bonds is 10. The lowest BCUT2D eigenvalue weighted by atomic mass is 9.75. The first-order valence-corrected chi connectivity index (χ1v) is 10.9. The molecule has 1 aromatic heterocycles. The first kappa shape index (κ1) is 23.0. The van der Waals surface area contributed by atoms with Gasteiger partial charge in [-0.15, -0.1) is 11.6 Å². The van der Waals surface area contributed by atoms with Gasteiger partial charge in [-0.3, -0.25) is 4.79 Å². The van der Waals surface area contributed by atoms with Crippen LogP contribution in [0, 0.1) is 5.92 Å². The molecule has 1 aliphatic carbocycles. The van der Waals surface area contributed by atoms with Gasteiger partial charge >= 0.3 is 0 Å². The predicted molar refractivity (Wildman–Crippen MR) is 116 cm³/mol. The summed E-state index contributed by atoms with van der Waals surface area (Å²) in [5.41, 5.74) is 2.67. The molecular weight excluding hydrogens is 372 g/mol. The molecule has 0 radical (unpaired) electrons. The molecule has 2 rings (SSSR count). The number of aliphatic hydroxyl groups excluding tert-OH is 1. The number of furan rings is 1. The molecular formula is C24H35ClO3. The van der Waals surface area contributed by atoms with Gasteiger partial charge in [0.25, 0.3) is 0 Å². The van der Waals surface area contributed by atoms with Crippen molar-refractivity contribution in [1.29, 1.82) is 0 Å². The molecule has 0 aliphatic heterocycles. The van der Waals surface area contributed by atoms with Gasteiger partial charge in [-0.1, -0.05) is 30.7 Å². The van der Waals surface area contributed by atoms with Gasteiger partial charge in [0.15, 0.2) is 5.78 Å². The maximum absolute atomic E-state index is 11.9. The first-order valence-electron chi connectivity index (χ1n) is 10.5. The molecule has 28 heavy (non-hydrogen) atoms. The summed E-state index contributed by atoms with van der Waals surface area (Å²) in [6, 6.07) is 2.10. The molecule has 0 saturated heterocycles. The van der Waals surface area contributed by atoms with Crippen LogP contribution in [0.25, 0.3) is 0 Å². The van der Waals surface area contributed by atoms with Gasteiger partial charge in [-0.2, -0.15) is 0 Å². The minimum Gasteiger partial charge on any atom is -0.468 e. The Bertz CT molecular complexity index is 700. The number of halogens is 1. The number of Topliss-reactive ketones (excluding diaryl/α,β-unsaturated/α-hetero) is 1. The number of carbonyl (C=O) groups excluding carboxylic acids is 1. The lowest BCUT2D eigenvalue weighted by Crippen LogP contribution is -2.29. The molecule has 4 atom stereocenters. The zero-order valence-electron chi connectivity index (χ0n) is 17.7. The van der Waals surface area contributed by atoms with E-state index in [9.17, 15) is 9.90 Å². The van der Waals surface area contributed by atoms with E-state index < -0.39 is 11.5 Å². The van der Waals surface area contributed by atoms with Crippen molar-refractivity contribution in [3.05, 3.63) is 47.5 Å². The Hall–Kier alpha value is -1.32. The molecule has 0 amide bonds. The van der Waals surface area contributed by atoms with Gasteiger partial charge in [-0.25, -0.2) is 0 Å². The Morgan fingerprint density at radius 2 is 2.18 bits per heavy atom. The highest BCUT2D eigenvalue weighted by atomic mass is 35.5. The summed E-state index contributed by atoms with van der Waals surface area (Å²) in [7, 11) is 0. The van der Waals surface area contributed by atoms with E-state index in [0.29, 0.717) is 6.42 Å². The first-order chi connectivity index (χ1) is 13.2. The maximum Gasteiger partial charge on any atom is 0.163 e. The van der Waals surface area contributed by atoms with E-state index in [1.807, 2.05) is 6.26 Å². The number of hydrogen-bond donors (Lipinski definition) is 1. The van der Waals surface area contributed by atoms with Crippen LogP contribution in [-0.2, 0) is 16.6 Å².